The lowest BCUT2D eigenvalue weighted by atomic mass is 10.0. The Hall–Kier alpha value is -0.180. The SMILES string of the molecule is CC1(O)CN(S(=O)(=O)CCS(C)(=O)=O)C1. The monoisotopic (exact) mass is 257 g/mol. The van der Waals surface area contributed by atoms with Gasteiger partial charge in [0.15, 0.2) is 0 Å². The first kappa shape index (κ1) is 12.9. The summed E-state index contributed by atoms with van der Waals surface area (Å²) in [6, 6.07) is 0. The third-order valence-corrected chi connectivity index (χ3v) is 5.11. The van der Waals surface area contributed by atoms with Crippen LogP contribution in [0.15, 0.2) is 0 Å². The molecule has 0 bridgehead atoms. The van der Waals surface area contributed by atoms with Gasteiger partial charge in [0.2, 0.25) is 10.0 Å². The molecule has 0 saturated carbocycles. The molecule has 90 valence electrons. The molecule has 0 radical (unpaired) electrons. The number of rotatable bonds is 4. The van der Waals surface area contributed by atoms with Gasteiger partial charge in [-0.25, -0.2) is 16.8 Å². The van der Waals surface area contributed by atoms with Crippen molar-refractivity contribution in [3.05, 3.63) is 0 Å². The number of nitrogens with zero attached hydrogens (tertiary/aromatic N) is 1. The molecule has 0 aromatic rings. The molecule has 1 aliphatic heterocycles. The highest BCUT2D eigenvalue weighted by molar-refractivity contribution is 7.93. The molecular formula is C7H15NO5S2. The summed E-state index contributed by atoms with van der Waals surface area (Å²) in [5.41, 5.74) is -0.974. The van der Waals surface area contributed by atoms with E-state index in [1.165, 1.54) is 6.92 Å². The fourth-order valence-corrected chi connectivity index (χ4v) is 4.56. The van der Waals surface area contributed by atoms with Crippen molar-refractivity contribution in [1.29, 1.82) is 0 Å². The maximum atomic E-state index is 11.5. The molecule has 0 unspecified atom stereocenters. The molecule has 0 atom stereocenters. The predicted molar refractivity (Wildman–Crippen MR) is 55.7 cm³/mol. The van der Waals surface area contributed by atoms with E-state index < -0.39 is 31.2 Å². The van der Waals surface area contributed by atoms with Crippen LogP contribution >= 0.6 is 0 Å². The fourth-order valence-electron chi connectivity index (χ4n) is 1.30. The smallest absolute Gasteiger partial charge is 0.215 e. The maximum Gasteiger partial charge on any atom is 0.215 e. The van der Waals surface area contributed by atoms with E-state index in [2.05, 4.69) is 0 Å². The van der Waals surface area contributed by atoms with E-state index in [1.807, 2.05) is 0 Å². The molecule has 0 amide bonds. The first-order valence-corrected chi connectivity index (χ1v) is 8.07. The quantitative estimate of drug-likeness (QED) is 0.657. The summed E-state index contributed by atoms with van der Waals surface area (Å²) in [7, 11) is -6.81. The molecule has 1 N–H and O–H groups in total. The summed E-state index contributed by atoms with van der Waals surface area (Å²) in [4.78, 5) is 0. The minimum absolute atomic E-state index is 0.0408. The molecule has 0 aromatic heterocycles. The summed E-state index contributed by atoms with van der Waals surface area (Å²) < 4.78 is 45.7. The van der Waals surface area contributed by atoms with Gasteiger partial charge in [-0.3, -0.25) is 0 Å². The maximum absolute atomic E-state index is 11.5. The van der Waals surface area contributed by atoms with Crippen LogP contribution in [0, 0.1) is 0 Å². The molecule has 1 fully saturated rings. The lowest BCUT2D eigenvalue weighted by molar-refractivity contribution is -0.0425. The van der Waals surface area contributed by atoms with Gasteiger partial charge >= 0.3 is 0 Å². The third-order valence-electron chi connectivity index (χ3n) is 2.14. The van der Waals surface area contributed by atoms with Crippen molar-refractivity contribution < 1.29 is 21.9 Å². The Balaban J connectivity index is 2.56. The minimum Gasteiger partial charge on any atom is -0.387 e. The van der Waals surface area contributed by atoms with Crippen molar-refractivity contribution in [2.75, 3.05) is 30.9 Å². The topological polar surface area (TPSA) is 91.8 Å². The van der Waals surface area contributed by atoms with Gasteiger partial charge in [-0.15, -0.1) is 0 Å². The molecule has 15 heavy (non-hydrogen) atoms. The molecule has 0 spiro atoms. The van der Waals surface area contributed by atoms with Gasteiger partial charge in [0.1, 0.15) is 9.84 Å². The minimum atomic E-state index is -3.53. The number of hydrogen-bond donors (Lipinski definition) is 1. The van der Waals surface area contributed by atoms with Crippen LogP contribution < -0.4 is 0 Å². The third kappa shape index (κ3) is 3.71. The van der Waals surface area contributed by atoms with Crippen LogP contribution in [0.25, 0.3) is 0 Å². The Kier molecular flexibility index (Phi) is 3.17. The summed E-state index contributed by atoms with van der Waals surface area (Å²) >= 11 is 0. The van der Waals surface area contributed by atoms with E-state index in [9.17, 15) is 21.9 Å². The Morgan fingerprint density at radius 3 is 2.00 bits per heavy atom. The fraction of sp³-hybridized carbons (Fsp3) is 1.00. The van der Waals surface area contributed by atoms with Crippen LogP contribution in [-0.2, 0) is 19.9 Å². The van der Waals surface area contributed by atoms with Crippen LogP contribution in [0.3, 0.4) is 0 Å². The molecule has 6 nitrogen and oxygen atoms in total. The summed E-state index contributed by atoms with van der Waals surface area (Å²) in [6.45, 7) is 1.62. The van der Waals surface area contributed by atoms with Crippen molar-refractivity contribution in [3.8, 4) is 0 Å². The second-order valence-corrected chi connectivity index (χ2v) is 8.56. The zero-order valence-corrected chi connectivity index (χ0v) is 10.3. The molecule has 8 heteroatoms. The van der Waals surface area contributed by atoms with Gasteiger partial charge < -0.3 is 5.11 Å². The number of aliphatic hydroxyl groups is 1. The second kappa shape index (κ2) is 3.69. The van der Waals surface area contributed by atoms with Crippen LogP contribution in [0.2, 0.25) is 0 Å². The molecular weight excluding hydrogens is 242 g/mol. The average molecular weight is 257 g/mol. The lowest BCUT2D eigenvalue weighted by Crippen LogP contribution is -2.62. The van der Waals surface area contributed by atoms with E-state index in [1.54, 1.807) is 0 Å². The summed E-state index contributed by atoms with van der Waals surface area (Å²) in [5.74, 6) is -0.796. The standard InChI is InChI=1S/C7H15NO5S2/c1-7(9)5-8(6-7)15(12,13)4-3-14(2,10)11/h9H,3-6H2,1-2H3. The van der Waals surface area contributed by atoms with Crippen molar-refractivity contribution in [1.82, 2.24) is 4.31 Å². The van der Waals surface area contributed by atoms with Gasteiger partial charge in [0.05, 0.1) is 17.1 Å². The van der Waals surface area contributed by atoms with E-state index in [-0.39, 0.29) is 18.8 Å². The summed E-state index contributed by atoms with van der Waals surface area (Å²) in [6.07, 6.45) is 0.995. The number of sulfone groups is 1. The van der Waals surface area contributed by atoms with E-state index >= 15 is 0 Å². The lowest BCUT2D eigenvalue weighted by Gasteiger charge is -2.42. The first-order valence-electron chi connectivity index (χ1n) is 4.40. The van der Waals surface area contributed by atoms with Gasteiger partial charge in [-0.2, -0.15) is 4.31 Å². The van der Waals surface area contributed by atoms with Gasteiger partial charge in [0, 0.05) is 19.3 Å². The Bertz CT molecular complexity index is 428. The zero-order valence-electron chi connectivity index (χ0n) is 8.67. The average Bonchev–Trinajstić information content (AvgIpc) is 1.95. The number of sulfonamides is 1. The second-order valence-electron chi connectivity index (χ2n) is 4.21. The molecule has 1 rings (SSSR count). The molecule has 0 aliphatic carbocycles. The predicted octanol–water partition coefficient (Wildman–Crippen LogP) is -1.57. The van der Waals surface area contributed by atoms with Gasteiger partial charge in [-0.1, -0.05) is 0 Å². The highest BCUT2D eigenvalue weighted by Crippen LogP contribution is 2.23. The highest BCUT2D eigenvalue weighted by atomic mass is 32.2. The number of hydrogen-bond acceptors (Lipinski definition) is 5. The van der Waals surface area contributed by atoms with E-state index in [4.69, 9.17) is 0 Å². The summed E-state index contributed by atoms with van der Waals surface area (Å²) in [5, 5.41) is 9.35. The van der Waals surface area contributed by atoms with Crippen molar-refractivity contribution in [3.63, 3.8) is 0 Å². The van der Waals surface area contributed by atoms with Crippen molar-refractivity contribution >= 4 is 19.9 Å². The highest BCUT2D eigenvalue weighted by Gasteiger charge is 2.43. The molecule has 1 saturated heterocycles. The Morgan fingerprint density at radius 2 is 1.67 bits per heavy atom. The molecule has 1 aliphatic rings. The Morgan fingerprint density at radius 1 is 1.20 bits per heavy atom. The normalized spacial score (nSPS) is 22.3. The zero-order chi connectivity index (χ0) is 11.9. The molecule has 0 aromatic carbocycles. The first-order chi connectivity index (χ1) is 6.52. The van der Waals surface area contributed by atoms with Crippen LogP contribution in [0.5, 0.6) is 0 Å². The van der Waals surface area contributed by atoms with Crippen LogP contribution in [0.4, 0.5) is 0 Å². The largest absolute Gasteiger partial charge is 0.387 e. The van der Waals surface area contributed by atoms with E-state index in [0.29, 0.717) is 0 Å². The van der Waals surface area contributed by atoms with Crippen LogP contribution in [-0.4, -0.2) is 62.7 Å². The van der Waals surface area contributed by atoms with Crippen LogP contribution in [0.1, 0.15) is 6.92 Å². The van der Waals surface area contributed by atoms with Gasteiger partial charge in [0.25, 0.3) is 0 Å². The van der Waals surface area contributed by atoms with Gasteiger partial charge in [-0.05, 0) is 6.92 Å². The molecule has 1 heterocycles. The van der Waals surface area contributed by atoms with E-state index in [0.717, 1.165) is 10.6 Å². The van der Waals surface area contributed by atoms with Crippen molar-refractivity contribution in [2.45, 2.75) is 12.5 Å². The Labute approximate surface area is 89.9 Å². The van der Waals surface area contributed by atoms with Crippen molar-refractivity contribution in [2.24, 2.45) is 0 Å². The number of β-amino-alcohol motifs (C(OH)–C–C–N with tert-alkyl or cyclic N) is 1.